The van der Waals surface area contributed by atoms with Gasteiger partial charge in [0, 0.05) is 25.7 Å². The van der Waals surface area contributed by atoms with Crippen LogP contribution in [-0.4, -0.2) is 46.6 Å². The van der Waals surface area contributed by atoms with Crippen LogP contribution < -0.4 is 0 Å². The van der Waals surface area contributed by atoms with Gasteiger partial charge in [-0.3, -0.25) is 0 Å². The summed E-state index contributed by atoms with van der Waals surface area (Å²) in [5, 5.41) is 2.11. The maximum atomic E-state index is 6.51. The number of thiocarbonyl (C=S) groups is 4. The lowest BCUT2D eigenvalue weighted by atomic mass is 9.80. The molecule has 0 aromatic heterocycles. The summed E-state index contributed by atoms with van der Waals surface area (Å²) >= 11 is 23.6. The third-order valence-electron chi connectivity index (χ3n) is 12.2. The van der Waals surface area contributed by atoms with E-state index in [0.29, 0.717) is 45.9 Å². The van der Waals surface area contributed by atoms with Gasteiger partial charge in [-0.25, -0.2) is 0 Å². The molecule has 0 aliphatic heterocycles. The molecule has 4 aromatic rings. The molecule has 4 nitrogen and oxygen atoms in total. The first-order valence-corrected chi connectivity index (χ1v) is 23.3. The van der Waals surface area contributed by atoms with Crippen LogP contribution in [0.5, 0.6) is 0 Å². The third kappa shape index (κ3) is 16.6. The Balaban J connectivity index is 1.53. The summed E-state index contributed by atoms with van der Waals surface area (Å²) in [5.74, 6) is 0. The molecule has 0 unspecified atom stereocenters. The molecule has 61 heavy (non-hydrogen) atoms. The first-order valence-electron chi connectivity index (χ1n) is 21.7. The van der Waals surface area contributed by atoms with Crippen LogP contribution in [0.1, 0.15) is 129 Å². The van der Waals surface area contributed by atoms with E-state index in [1.165, 1.54) is 22.3 Å². The second-order valence-corrected chi connectivity index (χ2v) is 21.0. The molecule has 0 bridgehead atoms. The van der Waals surface area contributed by atoms with E-state index in [9.17, 15) is 0 Å². The molecule has 0 atom stereocenters. The summed E-state index contributed by atoms with van der Waals surface area (Å²) in [5.41, 5.74) is 3.88. The SMILES string of the molecule is CC(C)(CCC(=S)OCC(COC(=S)CCC(C)(C)c1ccccc1)(COC(=S)CCC(C)(C)c1ccccc1)COC(=S)CCC(C)(C)c1ccccc1)c1ccccc1. The molecule has 0 saturated carbocycles. The van der Waals surface area contributed by atoms with E-state index >= 15 is 0 Å². The van der Waals surface area contributed by atoms with Gasteiger partial charge in [-0.15, -0.1) is 0 Å². The summed E-state index contributed by atoms with van der Waals surface area (Å²) < 4.78 is 26.1. The van der Waals surface area contributed by atoms with Crippen LogP contribution in [0.2, 0.25) is 0 Å². The largest absolute Gasteiger partial charge is 0.486 e. The zero-order chi connectivity index (χ0) is 44.6. The molecule has 0 N–H and O–H groups in total. The standard InChI is InChI=1S/C53H68O4S4/c1-49(2,41-21-13-9-14-22-41)33-29-45(58)54-37-53(38-55-46(59)30-34-50(3,4)42-23-15-10-16-24-42,39-56-47(60)31-35-51(5,6)43-25-17-11-18-26-43)40-57-48(61)32-36-52(7,8)44-27-19-12-20-28-44/h9-28H,29-40H2,1-8H3. The second kappa shape index (κ2) is 23.2. The van der Waals surface area contributed by atoms with E-state index in [2.05, 4.69) is 152 Å². The minimum Gasteiger partial charge on any atom is -0.486 e. The quantitative estimate of drug-likeness (QED) is 0.0644. The molecule has 0 spiro atoms. The van der Waals surface area contributed by atoms with Gasteiger partial charge in [0.25, 0.3) is 0 Å². The van der Waals surface area contributed by atoms with Crippen molar-refractivity contribution >= 4 is 69.1 Å². The van der Waals surface area contributed by atoms with Crippen LogP contribution >= 0.6 is 48.9 Å². The Kier molecular flexibility index (Phi) is 19.1. The van der Waals surface area contributed by atoms with E-state index in [0.717, 1.165) is 25.7 Å². The highest BCUT2D eigenvalue weighted by molar-refractivity contribution is 7.80. The van der Waals surface area contributed by atoms with Gasteiger partial charge < -0.3 is 18.9 Å². The van der Waals surface area contributed by atoms with Crippen molar-refractivity contribution in [1.29, 1.82) is 0 Å². The first kappa shape index (κ1) is 50.1. The molecule has 0 saturated heterocycles. The summed E-state index contributed by atoms with van der Waals surface area (Å²) in [4.78, 5) is 0. The number of benzene rings is 4. The van der Waals surface area contributed by atoms with Crippen molar-refractivity contribution in [3.8, 4) is 0 Å². The smallest absolute Gasteiger partial charge is 0.159 e. The van der Waals surface area contributed by atoms with Gasteiger partial charge in [-0.1, -0.05) is 177 Å². The molecule has 0 radical (unpaired) electrons. The van der Waals surface area contributed by atoms with Gasteiger partial charge in [-0.2, -0.15) is 0 Å². The van der Waals surface area contributed by atoms with Crippen LogP contribution in [0.25, 0.3) is 0 Å². The molecule has 0 heterocycles. The summed E-state index contributed by atoms with van der Waals surface area (Å²) in [6, 6.07) is 42.1. The van der Waals surface area contributed by atoms with Crippen molar-refractivity contribution < 1.29 is 18.9 Å². The second-order valence-electron chi connectivity index (χ2n) is 19.1. The molecule has 0 aliphatic rings. The molecule has 0 fully saturated rings. The van der Waals surface area contributed by atoms with Gasteiger partial charge in [0.2, 0.25) is 0 Å². The predicted molar refractivity (Wildman–Crippen MR) is 271 cm³/mol. The predicted octanol–water partition coefficient (Wildman–Crippen LogP) is 14.4. The van der Waals surface area contributed by atoms with Gasteiger partial charge in [0.15, 0.2) is 20.2 Å². The number of hydrogen-bond acceptors (Lipinski definition) is 8. The maximum Gasteiger partial charge on any atom is 0.159 e. The molecular weight excluding hydrogens is 829 g/mol. The Morgan fingerprint density at radius 1 is 0.328 bits per heavy atom. The minimum atomic E-state index is -0.837. The van der Waals surface area contributed by atoms with Crippen LogP contribution in [0.4, 0.5) is 0 Å². The number of rotatable bonds is 24. The van der Waals surface area contributed by atoms with Crippen LogP contribution in [-0.2, 0) is 40.6 Å². The Morgan fingerprint density at radius 2 is 0.508 bits per heavy atom. The zero-order valence-electron chi connectivity index (χ0n) is 37.8. The monoisotopic (exact) mass is 896 g/mol. The Labute approximate surface area is 389 Å². The van der Waals surface area contributed by atoms with Crippen LogP contribution in [0, 0.1) is 5.41 Å². The van der Waals surface area contributed by atoms with Gasteiger partial charge in [0.1, 0.15) is 31.8 Å². The average molecular weight is 897 g/mol. The fourth-order valence-corrected chi connectivity index (χ4v) is 7.91. The highest BCUT2D eigenvalue weighted by atomic mass is 32.1. The molecule has 0 aliphatic carbocycles. The minimum absolute atomic E-state index is 0.0831. The Morgan fingerprint density at radius 3 is 0.689 bits per heavy atom. The van der Waals surface area contributed by atoms with E-state index in [1.807, 2.05) is 24.3 Å². The summed E-state index contributed by atoms with van der Waals surface area (Å²) in [7, 11) is 0. The van der Waals surface area contributed by atoms with Gasteiger partial charge in [-0.05, 0) is 118 Å². The van der Waals surface area contributed by atoms with Crippen molar-refractivity contribution in [3.05, 3.63) is 144 Å². The topological polar surface area (TPSA) is 36.9 Å². The van der Waals surface area contributed by atoms with Crippen molar-refractivity contribution in [3.63, 3.8) is 0 Å². The first-order chi connectivity index (χ1) is 28.8. The van der Waals surface area contributed by atoms with Crippen LogP contribution in [0.3, 0.4) is 0 Å². The fourth-order valence-electron chi connectivity index (χ4n) is 7.27. The number of ether oxygens (including phenoxy) is 4. The Bertz CT molecular complexity index is 1680. The highest BCUT2D eigenvalue weighted by Crippen LogP contribution is 2.33. The number of hydrogen-bond donors (Lipinski definition) is 0. The normalized spacial score (nSPS) is 12.3. The lowest BCUT2D eigenvalue weighted by Crippen LogP contribution is -2.43. The average Bonchev–Trinajstić information content (AvgIpc) is 3.27. The van der Waals surface area contributed by atoms with Gasteiger partial charge in [0.05, 0.1) is 0 Å². The third-order valence-corrected chi connectivity index (χ3v) is 13.5. The summed E-state index contributed by atoms with van der Waals surface area (Å²) in [6.45, 7) is 18.7. The van der Waals surface area contributed by atoms with Crippen LogP contribution in [0.15, 0.2) is 121 Å². The fraction of sp³-hybridized carbons (Fsp3) is 0.472. The molecule has 0 amide bonds. The van der Waals surface area contributed by atoms with E-state index in [-0.39, 0.29) is 48.1 Å². The van der Waals surface area contributed by atoms with Crippen molar-refractivity contribution in [1.82, 2.24) is 0 Å². The zero-order valence-corrected chi connectivity index (χ0v) is 41.1. The molecular formula is C53H68O4S4. The lowest BCUT2D eigenvalue weighted by Gasteiger charge is -2.34. The summed E-state index contributed by atoms with van der Waals surface area (Å²) in [6.07, 6.45) is 5.77. The lowest BCUT2D eigenvalue weighted by molar-refractivity contribution is -0.0166. The Hall–Kier alpha value is -3.56. The molecule has 8 heteroatoms. The van der Waals surface area contributed by atoms with E-state index < -0.39 is 5.41 Å². The molecule has 4 rings (SSSR count). The molecule has 328 valence electrons. The van der Waals surface area contributed by atoms with Gasteiger partial charge >= 0.3 is 0 Å². The molecule has 4 aromatic carbocycles. The van der Waals surface area contributed by atoms with Crippen molar-refractivity contribution in [2.24, 2.45) is 5.41 Å². The van der Waals surface area contributed by atoms with Crippen molar-refractivity contribution in [2.45, 2.75) is 128 Å². The van der Waals surface area contributed by atoms with E-state index in [1.54, 1.807) is 0 Å². The van der Waals surface area contributed by atoms with E-state index in [4.69, 9.17) is 67.8 Å². The maximum absolute atomic E-state index is 6.51. The highest BCUT2D eigenvalue weighted by Gasteiger charge is 2.37. The van der Waals surface area contributed by atoms with Crippen molar-refractivity contribution in [2.75, 3.05) is 26.4 Å².